The lowest BCUT2D eigenvalue weighted by Gasteiger charge is -2.14. The third-order valence-corrected chi connectivity index (χ3v) is 4.35. The fourth-order valence-electron chi connectivity index (χ4n) is 2.90. The zero-order valence-corrected chi connectivity index (χ0v) is 15.5. The summed E-state index contributed by atoms with van der Waals surface area (Å²) in [5.41, 5.74) is 1.52. The molecule has 1 aliphatic rings. The van der Waals surface area contributed by atoms with E-state index in [1.165, 1.54) is 26.2 Å². The second-order valence-electron chi connectivity index (χ2n) is 6.36. The van der Waals surface area contributed by atoms with E-state index in [4.69, 9.17) is 4.74 Å². The first-order valence-electron chi connectivity index (χ1n) is 8.82. The highest BCUT2D eigenvalue weighted by Crippen LogP contribution is 2.23. The van der Waals surface area contributed by atoms with E-state index >= 15 is 0 Å². The van der Waals surface area contributed by atoms with Crippen LogP contribution >= 0.6 is 0 Å². The Balaban J connectivity index is 2.02. The zero-order valence-electron chi connectivity index (χ0n) is 15.5. The minimum atomic E-state index is -1.10. The van der Waals surface area contributed by atoms with Crippen LogP contribution in [0.4, 0.5) is 0 Å². The Kier molecular flexibility index (Phi) is 7.23. The minimum Gasteiger partial charge on any atom is -0.492 e. The summed E-state index contributed by atoms with van der Waals surface area (Å²) in [7, 11) is 1.29. The Morgan fingerprint density at radius 3 is 2.67 bits per heavy atom. The minimum absolute atomic E-state index is 0.00950. The Hall–Kier alpha value is -3.02. The number of aromatic nitrogens is 1. The van der Waals surface area contributed by atoms with Crippen LogP contribution in [-0.4, -0.2) is 34.7 Å². The standard InChI is InChI=1S/C21H23NO5/c1-14-11-18(23)20(27-2)17(19(14)24)12-16(21(25)26)9-5-3-4-7-15-8-6-10-22-13-15/h6,8,10-13H,3-5,7,9H2,1-2H3,(H,25,26)/b16-12+. The summed E-state index contributed by atoms with van der Waals surface area (Å²) in [6, 6.07) is 3.90. The highest BCUT2D eigenvalue weighted by molar-refractivity contribution is 6.23. The van der Waals surface area contributed by atoms with E-state index in [-0.39, 0.29) is 28.3 Å². The highest BCUT2D eigenvalue weighted by Gasteiger charge is 2.27. The van der Waals surface area contributed by atoms with Crippen molar-refractivity contribution in [2.75, 3.05) is 7.11 Å². The molecule has 0 aromatic carbocycles. The number of aryl methyl sites for hydroxylation is 1. The number of carboxylic acids is 1. The number of allylic oxidation sites excluding steroid dienone is 4. The highest BCUT2D eigenvalue weighted by atomic mass is 16.5. The molecule has 0 fully saturated rings. The topological polar surface area (TPSA) is 93.6 Å². The van der Waals surface area contributed by atoms with Gasteiger partial charge in [-0.3, -0.25) is 14.6 Å². The summed E-state index contributed by atoms with van der Waals surface area (Å²) < 4.78 is 5.03. The molecular formula is C21H23NO5. The zero-order chi connectivity index (χ0) is 19.8. The number of methoxy groups -OCH3 is 1. The molecule has 1 N–H and O–H groups in total. The lowest BCUT2D eigenvalue weighted by molar-refractivity contribution is -0.132. The Morgan fingerprint density at radius 2 is 2.04 bits per heavy atom. The lowest BCUT2D eigenvalue weighted by atomic mass is 9.92. The van der Waals surface area contributed by atoms with Gasteiger partial charge in [0.2, 0.25) is 5.78 Å². The maximum Gasteiger partial charge on any atom is 0.331 e. The van der Waals surface area contributed by atoms with Crippen LogP contribution in [0, 0.1) is 0 Å². The van der Waals surface area contributed by atoms with Crippen molar-refractivity contribution in [1.29, 1.82) is 0 Å². The summed E-state index contributed by atoms with van der Waals surface area (Å²) in [6.45, 7) is 1.53. The molecule has 1 aliphatic carbocycles. The molecule has 1 heterocycles. The first kappa shape index (κ1) is 20.3. The molecule has 0 radical (unpaired) electrons. The summed E-state index contributed by atoms with van der Waals surface area (Å²) in [5.74, 6) is -2.03. The van der Waals surface area contributed by atoms with Crippen LogP contribution < -0.4 is 0 Å². The van der Waals surface area contributed by atoms with Gasteiger partial charge in [-0.25, -0.2) is 4.79 Å². The number of Topliss-reactive ketones (excluding diaryl/α,β-unsaturated/α-hetero) is 1. The molecule has 0 saturated carbocycles. The number of nitrogens with zero attached hydrogens (tertiary/aromatic N) is 1. The molecule has 6 heteroatoms. The molecule has 0 atom stereocenters. The van der Waals surface area contributed by atoms with Gasteiger partial charge in [-0.15, -0.1) is 0 Å². The number of unbranched alkanes of at least 4 members (excludes halogenated alkanes) is 2. The van der Waals surface area contributed by atoms with Crippen LogP contribution in [0.3, 0.4) is 0 Å². The molecule has 1 aromatic heterocycles. The lowest BCUT2D eigenvalue weighted by Crippen LogP contribution is -2.19. The number of carboxylic acid groups (broad SMARTS) is 1. The van der Waals surface area contributed by atoms with Gasteiger partial charge in [0.05, 0.1) is 12.7 Å². The Bertz CT molecular complexity index is 818. The van der Waals surface area contributed by atoms with Crippen molar-refractivity contribution in [3.05, 3.63) is 64.7 Å². The third kappa shape index (κ3) is 5.48. The quantitative estimate of drug-likeness (QED) is 0.408. The second-order valence-corrected chi connectivity index (χ2v) is 6.36. The van der Waals surface area contributed by atoms with Gasteiger partial charge in [0.25, 0.3) is 0 Å². The average molecular weight is 369 g/mol. The maximum absolute atomic E-state index is 12.3. The molecular weight excluding hydrogens is 346 g/mol. The molecule has 0 unspecified atom stereocenters. The van der Waals surface area contributed by atoms with Gasteiger partial charge in [0, 0.05) is 23.5 Å². The van der Waals surface area contributed by atoms with Gasteiger partial charge in [-0.1, -0.05) is 12.5 Å². The van der Waals surface area contributed by atoms with Crippen molar-refractivity contribution in [3.63, 3.8) is 0 Å². The first-order valence-corrected chi connectivity index (χ1v) is 8.82. The van der Waals surface area contributed by atoms with Crippen molar-refractivity contribution in [1.82, 2.24) is 4.98 Å². The number of aliphatic carboxylic acids is 1. The predicted octanol–water partition coefficient (Wildman–Crippen LogP) is 3.19. The van der Waals surface area contributed by atoms with Crippen molar-refractivity contribution in [2.45, 2.75) is 39.0 Å². The molecule has 0 amide bonds. The smallest absolute Gasteiger partial charge is 0.331 e. The summed E-state index contributed by atoms with van der Waals surface area (Å²) in [6.07, 6.45) is 9.67. The molecule has 0 spiro atoms. The van der Waals surface area contributed by atoms with Crippen molar-refractivity contribution < 1.29 is 24.2 Å². The molecule has 0 bridgehead atoms. The Labute approximate surface area is 158 Å². The molecule has 27 heavy (non-hydrogen) atoms. The third-order valence-electron chi connectivity index (χ3n) is 4.35. The van der Waals surface area contributed by atoms with Crippen LogP contribution in [0.15, 0.2) is 59.2 Å². The largest absolute Gasteiger partial charge is 0.492 e. The number of rotatable bonds is 9. The number of carbonyl (C=O) groups is 3. The fourth-order valence-corrected chi connectivity index (χ4v) is 2.90. The van der Waals surface area contributed by atoms with E-state index in [0.29, 0.717) is 12.8 Å². The van der Waals surface area contributed by atoms with E-state index < -0.39 is 11.8 Å². The fraction of sp³-hybridized carbons (Fsp3) is 0.333. The van der Waals surface area contributed by atoms with E-state index in [9.17, 15) is 19.5 Å². The van der Waals surface area contributed by atoms with Crippen molar-refractivity contribution in [2.24, 2.45) is 0 Å². The van der Waals surface area contributed by atoms with Gasteiger partial charge in [-0.2, -0.15) is 0 Å². The van der Waals surface area contributed by atoms with Gasteiger partial charge in [0.15, 0.2) is 11.5 Å². The van der Waals surface area contributed by atoms with Gasteiger partial charge in [-0.05, 0) is 56.4 Å². The van der Waals surface area contributed by atoms with E-state index in [1.54, 1.807) is 6.20 Å². The predicted molar refractivity (Wildman–Crippen MR) is 99.9 cm³/mol. The van der Waals surface area contributed by atoms with Gasteiger partial charge < -0.3 is 9.84 Å². The molecule has 0 saturated heterocycles. The number of hydrogen-bond donors (Lipinski definition) is 1. The van der Waals surface area contributed by atoms with Crippen LogP contribution in [-0.2, 0) is 25.5 Å². The van der Waals surface area contributed by atoms with E-state index in [1.807, 2.05) is 18.3 Å². The number of pyridine rings is 1. The monoisotopic (exact) mass is 369 g/mol. The van der Waals surface area contributed by atoms with Crippen molar-refractivity contribution in [3.8, 4) is 0 Å². The normalized spacial score (nSPS) is 15.0. The van der Waals surface area contributed by atoms with Gasteiger partial charge in [0.1, 0.15) is 0 Å². The van der Waals surface area contributed by atoms with Crippen LogP contribution in [0.1, 0.15) is 38.2 Å². The number of ether oxygens (including phenoxy) is 1. The number of ketones is 2. The molecule has 1 aromatic rings. The van der Waals surface area contributed by atoms with E-state index in [0.717, 1.165) is 24.8 Å². The molecule has 142 valence electrons. The van der Waals surface area contributed by atoms with E-state index in [2.05, 4.69) is 4.98 Å². The van der Waals surface area contributed by atoms with Crippen LogP contribution in [0.2, 0.25) is 0 Å². The molecule has 0 aliphatic heterocycles. The average Bonchev–Trinajstić information content (AvgIpc) is 2.65. The Morgan fingerprint density at radius 1 is 1.26 bits per heavy atom. The molecule has 6 nitrogen and oxygen atoms in total. The van der Waals surface area contributed by atoms with Gasteiger partial charge >= 0.3 is 5.97 Å². The first-order chi connectivity index (χ1) is 12.9. The molecule has 2 rings (SSSR count). The maximum atomic E-state index is 12.3. The van der Waals surface area contributed by atoms with Crippen molar-refractivity contribution >= 4 is 17.5 Å². The number of carbonyl (C=O) groups excluding carboxylic acids is 2. The summed E-state index contributed by atoms with van der Waals surface area (Å²) in [4.78, 5) is 40.0. The summed E-state index contributed by atoms with van der Waals surface area (Å²) in [5, 5.41) is 9.46. The SMILES string of the molecule is COC1=C(/C=C(\CCCCCc2cccnc2)C(=O)O)C(=O)C(C)=CC1=O. The van der Waals surface area contributed by atoms with Crippen LogP contribution in [0.25, 0.3) is 0 Å². The second kappa shape index (κ2) is 9.62. The summed E-state index contributed by atoms with van der Waals surface area (Å²) >= 11 is 0. The number of hydrogen-bond acceptors (Lipinski definition) is 5. The van der Waals surface area contributed by atoms with Crippen LogP contribution in [0.5, 0.6) is 0 Å².